The molecule has 1 aromatic rings. The first-order chi connectivity index (χ1) is 9.19. The molecule has 0 unspecified atom stereocenters. The number of carbonyl (C=O) groups is 1. The molecule has 1 rings (SSSR count). The molecule has 0 spiro atoms. The number of nitrogens with zero attached hydrogens (tertiary/aromatic N) is 3. The van der Waals surface area contributed by atoms with Crippen molar-refractivity contribution in [3.05, 3.63) is 29.8 Å². The van der Waals surface area contributed by atoms with E-state index in [-0.39, 0.29) is 18.1 Å². The van der Waals surface area contributed by atoms with Crippen LogP contribution in [0.3, 0.4) is 0 Å². The Kier molecular flexibility index (Phi) is 5.58. The highest BCUT2D eigenvalue weighted by atomic mass is 16.5. The number of rotatable bonds is 5. The lowest BCUT2D eigenvalue weighted by Crippen LogP contribution is -2.07. The Balaban J connectivity index is 2.63. The van der Waals surface area contributed by atoms with Crippen LogP contribution in [-0.2, 0) is 16.0 Å². The van der Waals surface area contributed by atoms with Crippen LogP contribution in [0.2, 0.25) is 0 Å². The van der Waals surface area contributed by atoms with Crippen LogP contribution in [0.1, 0.15) is 12.5 Å². The number of hydrogen-bond acceptors (Lipinski definition) is 6. The van der Waals surface area contributed by atoms with Crippen LogP contribution in [0.4, 0.5) is 5.69 Å². The van der Waals surface area contributed by atoms with E-state index in [0.29, 0.717) is 12.3 Å². The highest BCUT2D eigenvalue weighted by Gasteiger charge is 2.03. The summed E-state index contributed by atoms with van der Waals surface area (Å²) in [6.07, 6.45) is 0.207. The summed E-state index contributed by atoms with van der Waals surface area (Å²) in [6.45, 7) is 2.11. The monoisotopic (exact) mass is 256 g/mol. The fraction of sp³-hybridized carbons (Fsp3) is 0.231. The first kappa shape index (κ1) is 14.2. The first-order valence-corrected chi connectivity index (χ1v) is 5.58. The zero-order valence-electron chi connectivity index (χ0n) is 10.4. The number of nitriles is 2. The van der Waals surface area contributed by atoms with E-state index in [1.54, 1.807) is 43.3 Å². The topological polar surface area (TPSA) is 98.3 Å². The van der Waals surface area contributed by atoms with Gasteiger partial charge in [-0.05, 0) is 24.6 Å². The number of nitrogens with one attached hydrogen (secondary N) is 1. The maximum Gasteiger partial charge on any atom is 0.310 e. The van der Waals surface area contributed by atoms with Gasteiger partial charge in [-0.3, -0.25) is 10.2 Å². The maximum absolute atomic E-state index is 11.3. The van der Waals surface area contributed by atoms with Gasteiger partial charge in [-0.15, -0.1) is 0 Å². The van der Waals surface area contributed by atoms with Crippen molar-refractivity contribution >= 4 is 17.4 Å². The summed E-state index contributed by atoms with van der Waals surface area (Å²) in [7, 11) is 0. The van der Waals surface area contributed by atoms with Crippen molar-refractivity contribution in [2.24, 2.45) is 5.10 Å². The molecule has 0 radical (unpaired) electrons. The Bertz CT molecular complexity index is 533. The first-order valence-electron chi connectivity index (χ1n) is 5.58. The Morgan fingerprint density at radius 1 is 1.32 bits per heavy atom. The summed E-state index contributed by atoms with van der Waals surface area (Å²) in [6, 6.07) is 10.2. The molecule has 0 bridgehead atoms. The summed E-state index contributed by atoms with van der Waals surface area (Å²) in [5, 5.41) is 20.6. The fourth-order valence-corrected chi connectivity index (χ4v) is 1.27. The van der Waals surface area contributed by atoms with E-state index < -0.39 is 0 Å². The molecule has 96 valence electrons. The van der Waals surface area contributed by atoms with Gasteiger partial charge < -0.3 is 4.74 Å². The Morgan fingerprint density at radius 2 is 1.95 bits per heavy atom. The van der Waals surface area contributed by atoms with Gasteiger partial charge in [-0.25, -0.2) is 0 Å². The summed E-state index contributed by atoms with van der Waals surface area (Å²) >= 11 is 0. The van der Waals surface area contributed by atoms with E-state index in [1.165, 1.54) is 0 Å². The van der Waals surface area contributed by atoms with Crippen LogP contribution in [0.15, 0.2) is 29.4 Å². The molecule has 0 aliphatic carbocycles. The van der Waals surface area contributed by atoms with Gasteiger partial charge in [0.05, 0.1) is 18.7 Å². The summed E-state index contributed by atoms with van der Waals surface area (Å²) < 4.78 is 4.84. The molecular formula is C13H12N4O2. The molecule has 0 saturated heterocycles. The molecule has 0 atom stereocenters. The molecule has 0 amide bonds. The minimum absolute atomic E-state index is 0.207. The van der Waals surface area contributed by atoms with Crippen LogP contribution in [0.25, 0.3) is 0 Å². The van der Waals surface area contributed by atoms with Crippen molar-refractivity contribution in [1.29, 1.82) is 10.5 Å². The van der Waals surface area contributed by atoms with Crippen LogP contribution >= 0.6 is 0 Å². The van der Waals surface area contributed by atoms with E-state index in [1.807, 2.05) is 0 Å². The number of esters is 1. The summed E-state index contributed by atoms with van der Waals surface area (Å²) in [5.41, 5.74) is 3.76. The Labute approximate surface area is 110 Å². The smallest absolute Gasteiger partial charge is 0.310 e. The number of hydrazone groups is 1. The van der Waals surface area contributed by atoms with Crippen molar-refractivity contribution in [3.8, 4) is 12.1 Å². The minimum Gasteiger partial charge on any atom is -0.466 e. The molecule has 1 N–H and O–H groups in total. The predicted molar refractivity (Wildman–Crippen MR) is 69.1 cm³/mol. The predicted octanol–water partition coefficient (Wildman–Crippen LogP) is 1.61. The number of hydrogen-bond donors (Lipinski definition) is 1. The number of anilines is 1. The molecule has 19 heavy (non-hydrogen) atoms. The second kappa shape index (κ2) is 7.46. The number of ether oxygens (including phenoxy) is 1. The lowest BCUT2D eigenvalue weighted by molar-refractivity contribution is -0.142. The second-order valence-electron chi connectivity index (χ2n) is 3.47. The van der Waals surface area contributed by atoms with Gasteiger partial charge >= 0.3 is 5.97 Å². The van der Waals surface area contributed by atoms with Gasteiger partial charge in [-0.1, -0.05) is 12.1 Å². The van der Waals surface area contributed by atoms with E-state index >= 15 is 0 Å². The Hall–Kier alpha value is -2.86. The zero-order chi connectivity index (χ0) is 14.1. The third-order valence-electron chi connectivity index (χ3n) is 2.12. The highest BCUT2D eigenvalue weighted by Crippen LogP contribution is 2.10. The standard InChI is InChI=1S/C13H12N4O2/c1-2-19-13(18)7-10-3-5-11(6-4-10)16-17-12(8-14)9-15/h3-6,16H,2,7H2,1H3. The van der Waals surface area contributed by atoms with Crippen molar-refractivity contribution in [2.45, 2.75) is 13.3 Å². The van der Waals surface area contributed by atoms with Crippen LogP contribution in [0.5, 0.6) is 0 Å². The van der Waals surface area contributed by atoms with Crippen LogP contribution in [0, 0.1) is 22.7 Å². The van der Waals surface area contributed by atoms with Crippen molar-refractivity contribution in [3.63, 3.8) is 0 Å². The van der Waals surface area contributed by atoms with Gasteiger partial charge in [0.1, 0.15) is 12.1 Å². The summed E-state index contributed by atoms with van der Waals surface area (Å²) in [4.78, 5) is 11.3. The second-order valence-corrected chi connectivity index (χ2v) is 3.47. The SMILES string of the molecule is CCOC(=O)Cc1ccc(NN=C(C#N)C#N)cc1. The molecule has 6 nitrogen and oxygen atoms in total. The molecule has 0 fully saturated rings. The van der Waals surface area contributed by atoms with Gasteiger partial charge in [0.25, 0.3) is 0 Å². The zero-order valence-corrected chi connectivity index (χ0v) is 10.4. The minimum atomic E-state index is -0.280. The van der Waals surface area contributed by atoms with Gasteiger partial charge in [0, 0.05) is 0 Å². The molecule has 0 saturated carbocycles. The molecular weight excluding hydrogens is 244 g/mol. The van der Waals surface area contributed by atoms with Crippen molar-refractivity contribution in [2.75, 3.05) is 12.0 Å². The van der Waals surface area contributed by atoms with Gasteiger partial charge in [0.15, 0.2) is 0 Å². The largest absolute Gasteiger partial charge is 0.466 e. The lowest BCUT2D eigenvalue weighted by atomic mass is 10.1. The van der Waals surface area contributed by atoms with Crippen LogP contribution < -0.4 is 5.43 Å². The lowest BCUT2D eigenvalue weighted by Gasteiger charge is -2.03. The van der Waals surface area contributed by atoms with Crippen molar-refractivity contribution < 1.29 is 9.53 Å². The molecule has 0 heterocycles. The molecule has 1 aromatic carbocycles. The molecule has 0 aliphatic rings. The third-order valence-corrected chi connectivity index (χ3v) is 2.12. The van der Waals surface area contributed by atoms with E-state index in [9.17, 15) is 4.79 Å². The molecule has 6 heteroatoms. The fourth-order valence-electron chi connectivity index (χ4n) is 1.27. The summed E-state index contributed by atoms with van der Waals surface area (Å²) in [5.74, 6) is -0.280. The highest BCUT2D eigenvalue weighted by molar-refractivity contribution is 6.10. The van der Waals surface area contributed by atoms with Gasteiger partial charge in [0.2, 0.25) is 5.71 Å². The van der Waals surface area contributed by atoms with Crippen LogP contribution in [-0.4, -0.2) is 18.3 Å². The van der Waals surface area contributed by atoms with E-state index in [2.05, 4.69) is 10.5 Å². The molecule has 0 aromatic heterocycles. The average molecular weight is 256 g/mol. The third kappa shape index (κ3) is 4.88. The van der Waals surface area contributed by atoms with E-state index in [0.717, 1.165) is 5.56 Å². The number of benzene rings is 1. The maximum atomic E-state index is 11.3. The van der Waals surface area contributed by atoms with Crippen molar-refractivity contribution in [1.82, 2.24) is 0 Å². The normalized spacial score (nSPS) is 8.79. The number of carbonyl (C=O) groups excluding carboxylic acids is 1. The average Bonchev–Trinajstić information content (AvgIpc) is 2.42. The quantitative estimate of drug-likeness (QED) is 0.490. The Morgan fingerprint density at radius 3 is 2.47 bits per heavy atom. The van der Waals surface area contributed by atoms with Gasteiger partial charge in [-0.2, -0.15) is 15.6 Å². The van der Waals surface area contributed by atoms with E-state index in [4.69, 9.17) is 15.3 Å². The molecule has 0 aliphatic heterocycles.